The lowest BCUT2D eigenvalue weighted by atomic mass is 10.2. The van der Waals surface area contributed by atoms with Crippen LogP contribution in [0.25, 0.3) is 0 Å². The van der Waals surface area contributed by atoms with Gasteiger partial charge < -0.3 is 11.1 Å². The van der Waals surface area contributed by atoms with Crippen LogP contribution in [-0.2, 0) is 6.54 Å². The van der Waals surface area contributed by atoms with Crippen molar-refractivity contribution in [3.8, 4) is 0 Å². The zero-order chi connectivity index (χ0) is 9.26. The molecule has 0 radical (unpaired) electrons. The normalized spacial score (nSPS) is 25.9. The van der Waals surface area contributed by atoms with Crippen LogP contribution in [0.5, 0.6) is 0 Å². The summed E-state index contributed by atoms with van der Waals surface area (Å²) in [5, 5.41) is 3.49. The van der Waals surface area contributed by atoms with Crippen LogP contribution < -0.4 is 11.1 Å². The first kappa shape index (κ1) is 8.57. The number of anilines is 1. The fourth-order valence-corrected chi connectivity index (χ4v) is 1.56. The van der Waals surface area contributed by atoms with Crippen molar-refractivity contribution in [1.82, 2.24) is 5.32 Å². The Kier molecular flexibility index (Phi) is 2.23. The summed E-state index contributed by atoms with van der Waals surface area (Å²) in [5.41, 5.74) is 7.81. The zero-order valence-corrected chi connectivity index (χ0v) is 7.96. The van der Waals surface area contributed by atoms with Crippen LogP contribution in [0.4, 0.5) is 5.69 Å². The summed E-state index contributed by atoms with van der Waals surface area (Å²) in [5.74, 6) is 0.862. The summed E-state index contributed by atoms with van der Waals surface area (Å²) in [6.07, 6.45) is 1.32. The molecule has 0 bridgehead atoms. The number of nitrogens with one attached hydrogen (secondary N) is 1. The van der Waals surface area contributed by atoms with E-state index in [-0.39, 0.29) is 0 Å². The molecule has 0 heterocycles. The van der Waals surface area contributed by atoms with Gasteiger partial charge in [0.15, 0.2) is 0 Å². The lowest BCUT2D eigenvalue weighted by Crippen LogP contribution is -2.16. The van der Waals surface area contributed by atoms with Gasteiger partial charge in [0.1, 0.15) is 0 Å². The molecule has 13 heavy (non-hydrogen) atoms. The summed E-state index contributed by atoms with van der Waals surface area (Å²) in [6, 6.07) is 8.80. The van der Waals surface area contributed by atoms with Crippen LogP contribution >= 0.6 is 0 Å². The van der Waals surface area contributed by atoms with E-state index in [0.717, 1.165) is 24.2 Å². The molecule has 1 aromatic carbocycles. The average Bonchev–Trinajstić information content (AvgIpc) is 2.79. The third-order valence-corrected chi connectivity index (χ3v) is 2.63. The minimum absolute atomic E-state index is 0.737. The van der Waals surface area contributed by atoms with Crippen molar-refractivity contribution in [2.75, 3.05) is 5.73 Å². The first-order valence-corrected chi connectivity index (χ1v) is 4.83. The monoisotopic (exact) mass is 176 g/mol. The lowest BCUT2D eigenvalue weighted by Gasteiger charge is -2.03. The highest BCUT2D eigenvalue weighted by Gasteiger charge is 2.31. The molecule has 70 valence electrons. The highest BCUT2D eigenvalue weighted by molar-refractivity contribution is 5.40. The van der Waals surface area contributed by atoms with Gasteiger partial charge in [-0.1, -0.05) is 19.1 Å². The van der Waals surface area contributed by atoms with E-state index in [1.807, 2.05) is 18.2 Å². The highest BCUT2D eigenvalue weighted by Crippen LogP contribution is 2.29. The molecule has 1 aliphatic carbocycles. The molecule has 2 rings (SSSR count). The van der Waals surface area contributed by atoms with Crippen LogP contribution in [-0.4, -0.2) is 6.04 Å². The molecule has 0 spiro atoms. The first-order chi connectivity index (χ1) is 6.25. The molecule has 0 aromatic heterocycles. The van der Waals surface area contributed by atoms with Gasteiger partial charge in [-0.3, -0.25) is 0 Å². The minimum atomic E-state index is 0.737. The van der Waals surface area contributed by atoms with Crippen LogP contribution in [0.15, 0.2) is 24.3 Å². The van der Waals surface area contributed by atoms with Crippen molar-refractivity contribution in [2.45, 2.75) is 25.9 Å². The van der Waals surface area contributed by atoms with Gasteiger partial charge in [-0.25, -0.2) is 0 Å². The fraction of sp³-hybridized carbons (Fsp3) is 0.455. The smallest absolute Gasteiger partial charge is 0.0317 e. The van der Waals surface area contributed by atoms with Crippen LogP contribution in [0, 0.1) is 5.92 Å². The van der Waals surface area contributed by atoms with Gasteiger partial charge in [-0.2, -0.15) is 0 Å². The van der Waals surface area contributed by atoms with Crippen LogP contribution in [0.2, 0.25) is 0 Å². The van der Waals surface area contributed by atoms with Gasteiger partial charge in [-0.15, -0.1) is 0 Å². The second kappa shape index (κ2) is 3.38. The van der Waals surface area contributed by atoms with E-state index >= 15 is 0 Å². The third kappa shape index (κ3) is 2.22. The molecule has 2 atom stereocenters. The second-order valence-corrected chi connectivity index (χ2v) is 3.95. The highest BCUT2D eigenvalue weighted by atomic mass is 15.0. The minimum Gasteiger partial charge on any atom is -0.399 e. The number of rotatable bonds is 3. The van der Waals surface area contributed by atoms with E-state index in [1.165, 1.54) is 12.0 Å². The molecule has 0 aliphatic heterocycles. The number of benzene rings is 1. The molecule has 2 heteroatoms. The SMILES string of the molecule is CC1CC1NCc1cccc(N)c1. The molecule has 2 nitrogen and oxygen atoms in total. The van der Waals surface area contributed by atoms with E-state index in [4.69, 9.17) is 5.73 Å². The van der Waals surface area contributed by atoms with Gasteiger partial charge in [0.25, 0.3) is 0 Å². The number of nitrogens with two attached hydrogens (primary N) is 1. The van der Waals surface area contributed by atoms with Crippen LogP contribution in [0.3, 0.4) is 0 Å². The summed E-state index contributed by atoms with van der Waals surface area (Å²) in [7, 11) is 0. The van der Waals surface area contributed by atoms with Crippen molar-refractivity contribution in [3.63, 3.8) is 0 Å². The molecule has 1 aromatic rings. The van der Waals surface area contributed by atoms with Gasteiger partial charge in [0, 0.05) is 18.3 Å². The molecule has 0 saturated heterocycles. The fourth-order valence-electron chi connectivity index (χ4n) is 1.56. The maximum atomic E-state index is 5.68. The molecule has 1 fully saturated rings. The molecule has 1 saturated carbocycles. The van der Waals surface area contributed by atoms with Crippen molar-refractivity contribution in [2.24, 2.45) is 5.92 Å². The zero-order valence-electron chi connectivity index (χ0n) is 7.96. The van der Waals surface area contributed by atoms with Crippen molar-refractivity contribution in [3.05, 3.63) is 29.8 Å². The second-order valence-electron chi connectivity index (χ2n) is 3.95. The van der Waals surface area contributed by atoms with Gasteiger partial charge in [-0.05, 0) is 30.0 Å². The largest absolute Gasteiger partial charge is 0.399 e. The Morgan fingerprint density at radius 2 is 2.31 bits per heavy atom. The average molecular weight is 176 g/mol. The molecule has 1 aliphatic rings. The quantitative estimate of drug-likeness (QED) is 0.689. The third-order valence-electron chi connectivity index (χ3n) is 2.63. The molecular formula is C11H16N2. The number of hydrogen-bond acceptors (Lipinski definition) is 2. The Labute approximate surface area is 79.1 Å². The maximum Gasteiger partial charge on any atom is 0.0317 e. The predicted molar refractivity (Wildman–Crippen MR) is 55.3 cm³/mol. The Bertz CT molecular complexity index is 296. The first-order valence-electron chi connectivity index (χ1n) is 4.83. The van der Waals surface area contributed by atoms with E-state index < -0.39 is 0 Å². The van der Waals surface area contributed by atoms with E-state index in [9.17, 15) is 0 Å². The van der Waals surface area contributed by atoms with Gasteiger partial charge >= 0.3 is 0 Å². The van der Waals surface area contributed by atoms with Gasteiger partial charge in [0.05, 0.1) is 0 Å². The Morgan fingerprint density at radius 3 is 2.92 bits per heavy atom. The Hall–Kier alpha value is -1.02. The molecule has 3 N–H and O–H groups in total. The predicted octanol–water partition coefficient (Wildman–Crippen LogP) is 1.77. The van der Waals surface area contributed by atoms with E-state index in [0.29, 0.717) is 0 Å². The maximum absolute atomic E-state index is 5.68. The lowest BCUT2D eigenvalue weighted by molar-refractivity contribution is 0.653. The van der Waals surface area contributed by atoms with Gasteiger partial charge in [0.2, 0.25) is 0 Å². The van der Waals surface area contributed by atoms with Crippen molar-refractivity contribution in [1.29, 1.82) is 0 Å². The van der Waals surface area contributed by atoms with E-state index in [2.05, 4.69) is 18.3 Å². The molecular weight excluding hydrogens is 160 g/mol. The Morgan fingerprint density at radius 1 is 1.54 bits per heavy atom. The van der Waals surface area contributed by atoms with Crippen molar-refractivity contribution < 1.29 is 0 Å². The topological polar surface area (TPSA) is 38.0 Å². The molecule has 2 unspecified atom stereocenters. The number of nitrogen functional groups attached to an aromatic ring is 1. The van der Waals surface area contributed by atoms with Crippen LogP contribution in [0.1, 0.15) is 18.9 Å². The van der Waals surface area contributed by atoms with E-state index in [1.54, 1.807) is 0 Å². The standard InChI is InChI=1S/C11H16N2/c1-8-5-11(8)13-7-9-3-2-4-10(12)6-9/h2-4,6,8,11,13H,5,7,12H2,1H3. The van der Waals surface area contributed by atoms with Crippen molar-refractivity contribution >= 4 is 5.69 Å². The molecule has 0 amide bonds. The number of hydrogen-bond donors (Lipinski definition) is 2. The summed E-state index contributed by atoms with van der Waals surface area (Å²) >= 11 is 0. The Balaban J connectivity index is 1.87. The summed E-state index contributed by atoms with van der Waals surface area (Å²) in [6.45, 7) is 3.22. The summed E-state index contributed by atoms with van der Waals surface area (Å²) in [4.78, 5) is 0. The summed E-state index contributed by atoms with van der Waals surface area (Å²) < 4.78 is 0.